The van der Waals surface area contributed by atoms with Crippen molar-refractivity contribution in [3.05, 3.63) is 113 Å². The molecular weight excluding hydrogens is 518 g/mol. The van der Waals surface area contributed by atoms with Crippen LogP contribution in [0, 0.1) is 18.8 Å². The van der Waals surface area contributed by atoms with Crippen LogP contribution >= 0.6 is 0 Å². The Morgan fingerprint density at radius 1 is 0.805 bits per heavy atom. The van der Waals surface area contributed by atoms with Crippen LogP contribution < -0.4 is 18.9 Å². The van der Waals surface area contributed by atoms with Gasteiger partial charge in [0, 0.05) is 17.2 Å². The average Bonchev–Trinajstić information content (AvgIpc) is 3.03. The molecule has 7 nitrogen and oxygen atoms in total. The van der Waals surface area contributed by atoms with Crippen molar-refractivity contribution in [3.63, 3.8) is 0 Å². The number of benzene rings is 3. The van der Waals surface area contributed by atoms with E-state index in [1.807, 2.05) is 91.9 Å². The van der Waals surface area contributed by atoms with Crippen molar-refractivity contribution in [3.8, 4) is 35.0 Å². The SMILES string of the molecule is COc1ccc(COc2ccc(C#Cc3nc(OCC4COCCO4)cc(OCc4ccccc4)c3C)cc2)cc1. The van der Waals surface area contributed by atoms with Crippen molar-refractivity contribution in [2.24, 2.45) is 0 Å². The highest BCUT2D eigenvalue weighted by atomic mass is 16.6. The van der Waals surface area contributed by atoms with Crippen LogP contribution in [0.25, 0.3) is 0 Å². The van der Waals surface area contributed by atoms with Crippen LogP contribution in [0.1, 0.15) is 27.9 Å². The summed E-state index contributed by atoms with van der Waals surface area (Å²) in [5, 5.41) is 0. The molecule has 0 radical (unpaired) electrons. The lowest BCUT2D eigenvalue weighted by Crippen LogP contribution is -2.33. The zero-order valence-electron chi connectivity index (χ0n) is 23.3. The topological polar surface area (TPSA) is 68.3 Å². The number of pyridine rings is 1. The third-order valence-corrected chi connectivity index (χ3v) is 6.48. The summed E-state index contributed by atoms with van der Waals surface area (Å²) in [5.41, 5.74) is 4.41. The van der Waals surface area contributed by atoms with Gasteiger partial charge in [0.2, 0.25) is 5.88 Å². The molecule has 4 aromatic rings. The molecule has 1 unspecified atom stereocenters. The van der Waals surface area contributed by atoms with Crippen molar-refractivity contribution in [1.29, 1.82) is 0 Å². The molecule has 0 amide bonds. The smallest absolute Gasteiger partial charge is 0.218 e. The number of ether oxygens (including phenoxy) is 6. The summed E-state index contributed by atoms with van der Waals surface area (Å²) < 4.78 is 34.5. The maximum absolute atomic E-state index is 6.17. The van der Waals surface area contributed by atoms with E-state index in [2.05, 4.69) is 16.8 Å². The molecule has 3 aromatic carbocycles. The summed E-state index contributed by atoms with van der Waals surface area (Å²) in [5.74, 6) is 9.10. The fourth-order valence-electron chi connectivity index (χ4n) is 4.11. The average molecular weight is 552 g/mol. The molecule has 1 aromatic heterocycles. The molecule has 1 fully saturated rings. The molecule has 2 heterocycles. The molecule has 210 valence electrons. The number of hydrogen-bond acceptors (Lipinski definition) is 7. The third-order valence-electron chi connectivity index (χ3n) is 6.48. The number of rotatable bonds is 10. The maximum Gasteiger partial charge on any atom is 0.218 e. The first-order chi connectivity index (χ1) is 20.2. The molecule has 0 bridgehead atoms. The minimum absolute atomic E-state index is 0.138. The van der Waals surface area contributed by atoms with Gasteiger partial charge in [-0.05, 0) is 60.4 Å². The maximum atomic E-state index is 6.17. The Labute approximate surface area is 241 Å². The van der Waals surface area contributed by atoms with Gasteiger partial charge in [0.05, 0.1) is 26.9 Å². The van der Waals surface area contributed by atoms with Crippen molar-refractivity contribution in [2.75, 3.05) is 33.5 Å². The van der Waals surface area contributed by atoms with Crippen molar-refractivity contribution >= 4 is 0 Å². The quantitative estimate of drug-likeness (QED) is 0.233. The van der Waals surface area contributed by atoms with Gasteiger partial charge in [0.25, 0.3) is 0 Å². The van der Waals surface area contributed by atoms with Gasteiger partial charge in [-0.15, -0.1) is 0 Å². The van der Waals surface area contributed by atoms with Crippen LogP contribution in [0.3, 0.4) is 0 Å². The van der Waals surface area contributed by atoms with Crippen molar-refractivity contribution in [2.45, 2.75) is 26.2 Å². The van der Waals surface area contributed by atoms with Gasteiger partial charge in [0.1, 0.15) is 48.9 Å². The van der Waals surface area contributed by atoms with Gasteiger partial charge in [-0.3, -0.25) is 0 Å². The second-order valence-electron chi connectivity index (χ2n) is 9.50. The molecule has 0 spiro atoms. The van der Waals surface area contributed by atoms with Gasteiger partial charge in [-0.25, -0.2) is 4.98 Å². The van der Waals surface area contributed by atoms with Gasteiger partial charge in [-0.2, -0.15) is 0 Å². The minimum atomic E-state index is -0.138. The number of aromatic nitrogens is 1. The van der Waals surface area contributed by atoms with Crippen LogP contribution in [-0.4, -0.2) is 44.6 Å². The normalized spacial score (nSPS) is 14.4. The van der Waals surface area contributed by atoms with E-state index in [9.17, 15) is 0 Å². The Kier molecular flexibility index (Phi) is 9.72. The third kappa shape index (κ3) is 8.24. The highest BCUT2D eigenvalue weighted by molar-refractivity contribution is 5.50. The number of methoxy groups -OCH3 is 1. The summed E-state index contributed by atoms with van der Waals surface area (Å²) in [4.78, 5) is 4.67. The summed E-state index contributed by atoms with van der Waals surface area (Å²) in [6, 6.07) is 27.3. The van der Waals surface area contributed by atoms with Gasteiger partial charge in [-0.1, -0.05) is 48.4 Å². The first kappa shape index (κ1) is 28.0. The van der Waals surface area contributed by atoms with Gasteiger partial charge >= 0.3 is 0 Å². The Morgan fingerprint density at radius 3 is 2.27 bits per heavy atom. The van der Waals surface area contributed by atoms with Crippen LogP contribution in [0.15, 0.2) is 84.9 Å². The molecule has 1 atom stereocenters. The predicted octanol–water partition coefficient (Wildman–Crippen LogP) is 5.75. The van der Waals surface area contributed by atoms with Gasteiger partial charge in [0.15, 0.2) is 0 Å². The van der Waals surface area contributed by atoms with E-state index in [4.69, 9.17) is 28.4 Å². The molecule has 41 heavy (non-hydrogen) atoms. The van der Waals surface area contributed by atoms with E-state index in [1.165, 1.54) is 0 Å². The summed E-state index contributed by atoms with van der Waals surface area (Å²) in [7, 11) is 1.65. The predicted molar refractivity (Wildman–Crippen MR) is 156 cm³/mol. The molecule has 1 aliphatic heterocycles. The highest BCUT2D eigenvalue weighted by Gasteiger charge is 2.17. The number of nitrogens with zero attached hydrogens (tertiary/aromatic N) is 1. The first-order valence-corrected chi connectivity index (χ1v) is 13.5. The second kappa shape index (κ2) is 14.2. The van der Waals surface area contributed by atoms with Crippen LogP contribution in [0.5, 0.6) is 23.1 Å². The van der Waals surface area contributed by atoms with E-state index in [0.717, 1.165) is 33.8 Å². The largest absolute Gasteiger partial charge is 0.497 e. The van der Waals surface area contributed by atoms with Crippen molar-refractivity contribution in [1.82, 2.24) is 4.98 Å². The zero-order valence-corrected chi connectivity index (χ0v) is 23.3. The monoisotopic (exact) mass is 551 g/mol. The lowest BCUT2D eigenvalue weighted by Gasteiger charge is -2.23. The molecule has 0 saturated carbocycles. The van der Waals surface area contributed by atoms with E-state index in [0.29, 0.717) is 57.0 Å². The molecule has 1 saturated heterocycles. The van der Waals surface area contributed by atoms with Gasteiger partial charge < -0.3 is 28.4 Å². The van der Waals surface area contributed by atoms with Crippen molar-refractivity contribution < 1.29 is 28.4 Å². The molecule has 0 N–H and O–H groups in total. The first-order valence-electron chi connectivity index (χ1n) is 13.5. The summed E-state index contributed by atoms with van der Waals surface area (Å²) in [6.07, 6.45) is -0.138. The lowest BCUT2D eigenvalue weighted by molar-refractivity contribution is -0.102. The molecular formula is C34H33NO6. The van der Waals surface area contributed by atoms with Crippen LogP contribution in [-0.2, 0) is 22.7 Å². The molecule has 7 heteroatoms. The van der Waals surface area contributed by atoms with E-state index >= 15 is 0 Å². The summed E-state index contributed by atoms with van der Waals surface area (Å²) >= 11 is 0. The molecule has 5 rings (SSSR count). The Morgan fingerprint density at radius 2 is 1.54 bits per heavy atom. The molecule has 0 aliphatic carbocycles. The fourth-order valence-corrected chi connectivity index (χ4v) is 4.11. The van der Waals surface area contributed by atoms with E-state index in [-0.39, 0.29) is 6.10 Å². The molecule has 1 aliphatic rings. The Bertz CT molecular complexity index is 1450. The lowest BCUT2D eigenvalue weighted by atomic mass is 10.1. The fraction of sp³-hybridized carbons (Fsp3) is 0.265. The summed E-state index contributed by atoms with van der Waals surface area (Å²) in [6.45, 7) is 4.84. The van der Waals surface area contributed by atoms with Crippen LogP contribution in [0.2, 0.25) is 0 Å². The Balaban J connectivity index is 1.28. The second-order valence-corrected chi connectivity index (χ2v) is 9.50. The highest BCUT2D eigenvalue weighted by Crippen LogP contribution is 2.27. The van der Waals surface area contributed by atoms with E-state index < -0.39 is 0 Å². The Hall–Kier alpha value is -4.51. The standard InChI is InChI=1S/C34H33NO6/c1-25-32(17-12-26-8-15-30(16-9-26)39-21-28-10-13-29(36-2)14-11-28)35-34(41-24-31-23-37-18-19-38-31)20-33(25)40-22-27-6-4-3-5-7-27/h3-11,13-16,20,31H,18-19,21-24H2,1-2H3. The minimum Gasteiger partial charge on any atom is -0.497 e. The van der Waals surface area contributed by atoms with E-state index in [1.54, 1.807) is 7.11 Å². The zero-order chi connectivity index (χ0) is 28.3. The number of hydrogen-bond donors (Lipinski definition) is 0. The van der Waals surface area contributed by atoms with Crippen LogP contribution in [0.4, 0.5) is 0 Å².